The van der Waals surface area contributed by atoms with E-state index in [-0.39, 0.29) is 0 Å². The summed E-state index contributed by atoms with van der Waals surface area (Å²) in [7, 11) is 0. The predicted octanol–water partition coefficient (Wildman–Crippen LogP) is -3.31. The van der Waals surface area contributed by atoms with Crippen molar-refractivity contribution >= 4 is 20.1 Å². The first-order chi connectivity index (χ1) is 6.97. The fraction of sp³-hybridized carbons (Fsp3) is 0.875. The number of aliphatic hydroxyl groups excluding tert-OH is 4. The fourth-order valence-corrected chi connectivity index (χ4v) is 1.77. The van der Waals surface area contributed by atoms with Gasteiger partial charge >= 0.3 is 94.8 Å². The molecule has 1 unspecified atom stereocenters. The third kappa shape index (κ3) is 2.98. The van der Waals surface area contributed by atoms with Gasteiger partial charge in [0.2, 0.25) is 0 Å². The zero-order chi connectivity index (χ0) is 11.6. The molecule has 0 aromatic rings. The maximum absolute atomic E-state index is 9.67. The molecule has 0 aromatic heterocycles. The van der Waals surface area contributed by atoms with Crippen LogP contribution in [0, 0.1) is 0 Å². The van der Waals surface area contributed by atoms with Crippen LogP contribution in [-0.2, 0) is 4.74 Å². The summed E-state index contributed by atoms with van der Waals surface area (Å²) in [6.45, 7) is 1.26. The molecular formula is C8H15NO5Se. The second-order valence-electron chi connectivity index (χ2n) is 3.46. The van der Waals surface area contributed by atoms with Crippen molar-refractivity contribution in [2.45, 2.75) is 37.6 Å². The molecule has 0 saturated carbocycles. The van der Waals surface area contributed by atoms with Crippen molar-refractivity contribution in [2.75, 3.05) is 6.61 Å². The predicted molar refractivity (Wildman–Crippen MR) is 53.3 cm³/mol. The minimum atomic E-state index is -1.27. The van der Waals surface area contributed by atoms with E-state index in [2.05, 4.69) is 20.9 Å². The Morgan fingerprint density at radius 2 is 1.93 bits per heavy atom. The summed E-state index contributed by atoms with van der Waals surface area (Å²) in [5.41, 5.74) is 0. The van der Waals surface area contributed by atoms with Crippen molar-refractivity contribution in [3.05, 3.63) is 0 Å². The van der Waals surface area contributed by atoms with Crippen molar-refractivity contribution in [2.24, 2.45) is 0 Å². The summed E-state index contributed by atoms with van der Waals surface area (Å²) in [6, 6.07) is -0.816. The number of hydrogen-bond donors (Lipinski definition) is 5. The van der Waals surface area contributed by atoms with E-state index >= 15 is 0 Å². The van der Waals surface area contributed by atoms with Gasteiger partial charge in [0, 0.05) is 0 Å². The standard InChI is InChI=1S/C8H15NO5Se/c1-3(15)9-5-7(12)6(11)4(2-10)14-8(5)13/h4-8,10-13H,2H2,1H3,(H,9,15)/t4-,5+,6-,7-,8?/m1/s1. The molecule has 6 nitrogen and oxygen atoms in total. The van der Waals surface area contributed by atoms with E-state index in [1.165, 1.54) is 0 Å². The average molecular weight is 284 g/mol. The first-order valence-electron chi connectivity index (χ1n) is 4.55. The van der Waals surface area contributed by atoms with Crippen LogP contribution < -0.4 is 5.32 Å². The van der Waals surface area contributed by atoms with Crippen molar-refractivity contribution in [1.29, 1.82) is 0 Å². The first kappa shape index (κ1) is 13.1. The molecule has 88 valence electrons. The molecule has 0 amide bonds. The summed E-state index contributed by atoms with van der Waals surface area (Å²) in [5.74, 6) is 0. The average Bonchev–Trinajstić information content (AvgIpc) is 2.18. The van der Waals surface area contributed by atoms with Gasteiger partial charge in [0.15, 0.2) is 0 Å². The van der Waals surface area contributed by atoms with Crippen LogP contribution in [0.2, 0.25) is 0 Å². The van der Waals surface area contributed by atoms with E-state index in [0.29, 0.717) is 4.54 Å². The second kappa shape index (κ2) is 5.36. The Morgan fingerprint density at radius 1 is 1.33 bits per heavy atom. The summed E-state index contributed by atoms with van der Waals surface area (Å²) >= 11 is 2.67. The Labute approximate surface area is 95.2 Å². The minimum absolute atomic E-state index is 0.455. The van der Waals surface area contributed by atoms with Gasteiger partial charge in [-0.3, -0.25) is 0 Å². The third-order valence-corrected chi connectivity index (χ3v) is 2.52. The SMILES string of the molecule is CC(=[Se])N[C@@H]1C(O)O[C@H](CO)[C@@H](O)[C@@H]1O. The topological polar surface area (TPSA) is 102 Å². The number of ether oxygens (including phenoxy) is 1. The molecule has 0 spiro atoms. The summed E-state index contributed by atoms with van der Waals surface area (Å²) in [4.78, 5) is 0. The van der Waals surface area contributed by atoms with Crippen LogP contribution in [0.15, 0.2) is 0 Å². The van der Waals surface area contributed by atoms with Crippen molar-refractivity contribution in [3.8, 4) is 0 Å². The van der Waals surface area contributed by atoms with Gasteiger partial charge in [-0.1, -0.05) is 0 Å². The number of aliphatic hydroxyl groups is 4. The van der Waals surface area contributed by atoms with Gasteiger partial charge in [-0.25, -0.2) is 0 Å². The summed E-state index contributed by atoms with van der Waals surface area (Å²) in [6.07, 6.45) is -4.66. The Hall–Kier alpha value is -0.0105. The van der Waals surface area contributed by atoms with Crippen LogP contribution in [0.4, 0.5) is 0 Å². The molecule has 0 aliphatic carbocycles. The fourth-order valence-electron chi connectivity index (χ4n) is 1.49. The van der Waals surface area contributed by atoms with Crippen LogP contribution in [0.5, 0.6) is 0 Å². The Balaban J connectivity index is 2.70. The van der Waals surface area contributed by atoms with Crippen LogP contribution in [-0.4, -0.2) is 77.8 Å². The molecule has 1 heterocycles. The van der Waals surface area contributed by atoms with Gasteiger partial charge in [-0.15, -0.1) is 0 Å². The molecule has 0 radical (unpaired) electrons. The molecule has 1 saturated heterocycles. The molecular weight excluding hydrogens is 269 g/mol. The van der Waals surface area contributed by atoms with Crippen molar-refractivity contribution in [1.82, 2.24) is 5.32 Å². The maximum atomic E-state index is 9.67. The van der Waals surface area contributed by atoms with Gasteiger partial charge in [0.25, 0.3) is 0 Å². The monoisotopic (exact) mass is 285 g/mol. The van der Waals surface area contributed by atoms with Crippen LogP contribution in [0.3, 0.4) is 0 Å². The molecule has 5 atom stereocenters. The Morgan fingerprint density at radius 3 is 2.40 bits per heavy atom. The van der Waals surface area contributed by atoms with E-state index in [9.17, 15) is 15.3 Å². The van der Waals surface area contributed by atoms with E-state index in [1.807, 2.05) is 0 Å². The second-order valence-corrected chi connectivity index (χ2v) is 4.74. The molecule has 0 bridgehead atoms. The number of hydrogen-bond acceptors (Lipinski definition) is 6. The van der Waals surface area contributed by atoms with Gasteiger partial charge in [-0.2, -0.15) is 0 Å². The molecule has 7 heteroatoms. The van der Waals surface area contributed by atoms with E-state index in [4.69, 9.17) is 9.84 Å². The molecule has 1 fully saturated rings. The van der Waals surface area contributed by atoms with Gasteiger partial charge < -0.3 is 0 Å². The first-order valence-corrected chi connectivity index (χ1v) is 5.40. The quantitative estimate of drug-likeness (QED) is 0.348. The van der Waals surface area contributed by atoms with Gasteiger partial charge in [-0.05, 0) is 0 Å². The van der Waals surface area contributed by atoms with Gasteiger partial charge in [0.05, 0.1) is 0 Å². The zero-order valence-corrected chi connectivity index (χ0v) is 9.91. The third-order valence-electron chi connectivity index (χ3n) is 2.27. The number of rotatable bonds is 3. The molecule has 5 N–H and O–H groups in total. The van der Waals surface area contributed by atoms with Crippen molar-refractivity contribution < 1.29 is 25.2 Å². The van der Waals surface area contributed by atoms with Crippen LogP contribution in [0.1, 0.15) is 6.92 Å². The normalized spacial score (nSPS) is 41.3. The van der Waals surface area contributed by atoms with Crippen LogP contribution >= 0.6 is 0 Å². The molecule has 1 aliphatic rings. The molecule has 15 heavy (non-hydrogen) atoms. The number of nitrogens with one attached hydrogen (secondary N) is 1. The molecule has 0 aromatic carbocycles. The van der Waals surface area contributed by atoms with E-state index < -0.39 is 37.3 Å². The zero-order valence-electron chi connectivity index (χ0n) is 8.20. The van der Waals surface area contributed by atoms with Gasteiger partial charge in [0.1, 0.15) is 0 Å². The molecule has 1 aliphatic heterocycles. The van der Waals surface area contributed by atoms with Crippen molar-refractivity contribution in [3.63, 3.8) is 0 Å². The summed E-state index contributed by atoms with van der Waals surface area (Å²) < 4.78 is 5.60. The van der Waals surface area contributed by atoms with E-state index in [0.717, 1.165) is 0 Å². The summed E-state index contributed by atoms with van der Waals surface area (Å²) in [5, 5.41) is 40.3. The Bertz CT molecular complexity index is 239. The van der Waals surface area contributed by atoms with E-state index in [1.54, 1.807) is 6.92 Å². The molecule has 1 rings (SSSR count). The van der Waals surface area contributed by atoms with Crippen LogP contribution in [0.25, 0.3) is 0 Å². The Kier molecular flexibility index (Phi) is 4.66.